The third-order valence-corrected chi connectivity index (χ3v) is 4.09. The van der Waals surface area contributed by atoms with Crippen LogP contribution < -0.4 is 5.32 Å². The van der Waals surface area contributed by atoms with Crippen LogP contribution in [0.1, 0.15) is 10.4 Å². The van der Waals surface area contributed by atoms with E-state index in [9.17, 15) is 13.6 Å². The number of benzene rings is 1. The molecule has 6 nitrogen and oxygen atoms in total. The molecule has 0 spiro atoms. The van der Waals surface area contributed by atoms with E-state index in [0.29, 0.717) is 10.6 Å². The smallest absolute Gasteiger partial charge is 0.296 e. The molecular weight excluding hydrogens is 336 g/mol. The zero-order chi connectivity index (χ0) is 17.3. The largest absolute Gasteiger partial charge is 0.359 e. The van der Waals surface area contributed by atoms with E-state index in [1.807, 2.05) is 0 Å². The Morgan fingerprint density at radius 1 is 1.38 bits per heavy atom. The van der Waals surface area contributed by atoms with Gasteiger partial charge in [-0.3, -0.25) is 10.1 Å². The molecule has 3 rings (SSSR count). The number of halogens is 2. The number of carbonyl (C=O) groups excluding carboxylic acids is 1. The minimum atomic E-state index is -0.947. The van der Waals surface area contributed by atoms with Crippen LogP contribution in [0.25, 0.3) is 15.4 Å². The Hall–Kier alpha value is -3.12. The van der Waals surface area contributed by atoms with E-state index in [-0.39, 0.29) is 10.9 Å². The van der Waals surface area contributed by atoms with E-state index in [4.69, 9.17) is 6.57 Å². The molecule has 1 amide bonds. The Balaban J connectivity index is 1.85. The monoisotopic (exact) mass is 345 g/mol. The van der Waals surface area contributed by atoms with Crippen LogP contribution in [-0.2, 0) is 7.05 Å². The summed E-state index contributed by atoms with van der Waals surface area (Å²) in [5.74, 6) is -2.58. The number of nitrogens with zero attached hydrogens (tertiary/aromatic N) is 4. The molecule has 0 saturated heterocycles. The van der Waals surface area contributed by atoms with Gasteiger partial charge in [0, 0.05) is 6.20 Å². The number of aryl methyl sites for hydroxylation is 1. The number of nitrogens with one attached hydrogen (secondary N) is 1. The van der Waals surface area contributed by atoms with Crippen molar-refractivity contribution in [3.05, 3.63) is 59.1 Å². The maximum atomic E-state index is 13.6. The van der Waals surface area contributed by atoms with Crippen molar-refractivity contribution in [1.82, 2.24) is 14.8 Å². The number of anilines is 1. The molecule has 1 aromatic carbocycles. The molecule has 0 aliphatic carbocycles. The first-order chi connectivity index (χ1) is 11.5. The molecule has 0 bridgehead atoms. The Bertz CT molecular complexity index is 952. The minimum Gasteiger partial charge on any atom is -0.359 e. The Morgan fingerprint density at radius 3 is 2.71 bits per heavy atom. The molecule has 0 unspecified atom stereocenters. The fraction of sp³-hybridized carbons (Fsp3) is 0.0667. The van der Waals surface area contributed by atoms with E-state index in [2.05, 4.69) is 20.2 Å². The van der Waals surface area contributed by atoms with Gasteiger partial charge < -0.3 is 4.85 Å². The fourth-order valence-electron chi connectivity index (χ4n) is 2.06. The highest BCUT2D eigenvalue weighted by atomic mass is 32.1. The lowest BCUT2D eigenvalue weighted by molar-refractivity contribution is 0.101. The molecule has 24 heavy (non-hydrogen) atoms. The van der Waals surface area contributed by atoms with Crippen LogP contribution in [0.3, 0.4) is 0 Å². The van der Waals surface area contributed by atoms with Crippen LogP contribution in [0.4, 0.5) is 19.7 Å². The average molecular weight is 345 g/mol. The topological polar surface area (TPSA) is 64.2 Å². The van der Waals surface area contributed by atoms with Gasteiger partial charge in [-0.25, -0.2) is 13.8 Å². The van der Waals surface area contributed by atoms with E-state index >= 15 is 0 Å². The second-order valence-corrected chi connectivity index (χ2v) is 5.73. The summed E-state index contributed by atoms with van der Waals surface area (Å²) in [4.78, 5) is 20.0. The fourth-order valence-corrected chi connectivity index (χ4v) is 2.92. The summed E-state index contributed by atoms with van der Waals surface area (Å²) >= 11 is 1.11. The van der Waals surface area contributed by atoms with Gasteiger partial charge in [0.2, 0.25) is 0 Å². The molecule has 0 aliphatic rings. The highest BCUT2D eigenvalue weighted by Crippen LogP contribution is 2.31. The summed E-state index contributed by atoms with van der Waals surface area (Å²) in [6.07, 6.45) is 1.49. The van der Waals surface area contributed by atoms with Gasteiger partial charge in [-0.2, -0.15) is 4.68 Å². The highest BCUT2D eigenvalue weighted by molar-refractivity contribution is 7.19. The van der Waals surface area contributed by atoms with Gasteiger partial charge in [-0.05, 0) is 23.3 Å². The van der Waals surface area contributed by atoms with Gasteiger partial charge in [0.15, 0.2) is 5.13 Å². The van der Waals surface area contributed by atoms with Crippen LogP contribution in [0.5, 0.6) is 0 Å². The number of thiazole rings is 1. The Morgan fingerprint density at radius 2 is 2.08 bits per heavy atom. The molecule has 2 heterocycles. The van der Waals surface area contributed by atoms with E-state index in [0.717, 1.165) is 23.5 Å². The number of hydrogen-bond donors (Lipinski definition) is 1. The first-order valence-electron chi connectivity index (χ1n) is 6.62. The standard InChI is InChI=1S/C15H9F2N5OS/c1-18-12-6-10(22(2)21-12)11-7-19-15(24-11)20-14(23)13-8(16)4-3-5-9(13)17/h3-7H,2H3,(H,19,20,23). The summed E-state index contributed by atoms with van der Waals surface area (Å²) in [6.45, 7) is 6.96. The molecule has 0 aliphatic heterocycles. The lowest BCUT2D eigenvalue weighted by Gasteiger charge is -2.04. The minimum absolute atomic E-state index is 0.184. The van der Waals surface area contributed by atoms with Crippen molar-refractivity contribution in [3.8, 4) is 10.6 Å². The van der Waals surface area contributed by atoms with Crippen LogP contribution in [0.15, 0.2) is 30.5 Å². The predicted molar refractivity (Wildman–Crippen MR) is 84.9 cm³/mol. The molecule has 2 aromatic heterocycles. The van der Waals surface area contributed by atoms with Gasteiger partial charge in [0.25, 0.3) is 11.7 Å². The molecule has 120 valence electrons. The van der Waals surface area contributed by atoms with E-state index in [1.54, 1.807) is 13.1 Å². The molecule has 0 saturated carbocycles. The van der Waals surface area contributed by atoms with Crippen molar-refractivity contribution in [2.75, 3.05) is 5.32 Å². The Kier molecular flexibility index (Phi) is 4.05. The quantitative estimate of drug-likeness (QED) is 0.738. The van der Waals surface area contributed by atoms with Crippen LogP contribution >= 0.6 is 11.3 Å². The number of carbonyl (C=O) groups is 1. The van der Waals surface area contributed by atoms with Gasteiger partial charge in [-0.15, -0.1) is 0 Å². The third kappa shape index (κ3) is 2.87. The molecule has 0 atom stereocenters. The van der Waals surface area contributed by atoms with Gasteiger partial charge in [0.05, 0.1) is 17.6 Å². The first kappa shape index (κ1) is 15.8. The number of rotatable bonds is 3. The molecule has 1 N–H and O–H groups in total. The van der Waals surface area contributed by atoms with Crippen molar-refractivity contribution >= 4 is 28.2 Å². The maximum absolute atomic E-state index is 13.6. The normalized spacial score (nSPS) is 10.4. The van der Waals surface area contributed by atoms with Crippen LogP contribution in [0, 0.1) is 18.2 Å². The van der Waals surface area contributed by atoms with Crippen molar-refractivity contribution in [2.24, 2.45) is 7.05 Å². The van der Waals surface area contributed by atoms with Gasteiger partial charge in [-0.1, -0.05) is 24.0 Å². The summed E-state index contributed by atoms with van der Waals surface area (Å²) < 4.78 is 28.7. The maximum Gasteiger partial charge on any atom is 0.296 e. The predicted octanol–water partition coefficient (Wildman–Crippen LogP) is 3.62. The summed E-state index contributed by atoms with van der Waals surface area (Å²) in [7, 11) is 1.68. The lowest BCUT2D eigenvalue weighted by atomic mass is 10.2. The number of aromatic nitrogens is 3. The molecular formula is C15H9F2N5OS. The second-order valence-electron chi connectivity index (χ2n) is 4.70. The van der Waals surface area contributed by atoms with Crippen molar-refractivity contribution in [1.29, 1.82) is 0 Å². The average Bonchev–Trinajstić information content (AvgIpc) is 3.13. The summed E-state index contributed by atoms with van der Waals surface area (Å²) in [5.41, 5.74) is -0.0128. The second kappa shape index (κ2) is 6.17. The van der Waals surface area contributed by atoms with E-state index < -0.39 is 23.1 Å². The van der Waals surface area contributed by atoms with Crippen molar-refractivity contribution in [3.63, 3.8) is 0 Å². The number of amides is 1. The molecule has 0 radical (unpaired) electrons. The summed E-state index contributed by atoms with van der Waals surface area (Å²) in [6, 6.07) is 4.78. The van der Waals surface area contributed by atoms with Crippen LogP contribution in [-0.4, -0.2) is 20.7 Å². The molecule has 0 fully saturated rings. The van der Waals surface area contributed by atoms with Crippen LogP contribution in [0.2, 0.25) is 0 Å². The first-order valence-corrected chi connectivity index (χ1v) is 7.44. The van der Waals surface area contributed by atoms with E-state index in [1.165, 1.54) is 16.9 Å². The molecule has 9 heteroatoms. The SMILES string of the molecule is [C-]#[N+]c1cc(-c2cnc(NC(=O)c3c(F)cccc3F)s2)n(C)n1. The van der Waals surface area contributed by atoms with Crippen molar-refractivity contribution < 1.29 is 13.6 Å². The van der Waals surface area contributed by atoms with Gasteiger partial charge >= 0.3 is 0 Å². The Labute approximate surface area is 139 Å². The third-order valence-electron chi connectivity index (χ3n) is 3.15. The van der Waals surface area contributed by atoms with Gasteiger partial charge in [0.1, 0.15) is 17.2 Å². The summed E-state index contributed by atoms with van der Waals surface area (Å²) in [5, 5.41) is 6.55. The lowest BCUT2D eigenvalue weighted by Crippen LogP contribution is -2.15. The molecule has 3 aromatic rings. The van der Waals surface area contributed by atoms with Crippen molar-refractivity contribution in [2.45, 2.75) is 0 Å². The highest BCUT2D eigenvalue weighted by Gasteiger charge is 2.19. The number of hydrogen-bond acceptors (Lipinski definition) is 4. The zero-order valence-corrected chi connectivity index (χ0v) is 13.1. The zero-order valence-electron chi connectivity index (χ0n) is 12.2.